The van der Waals surface area contributed by atoms with E-state index >= 15 is 0 Å². The van der Waals surface area contributed by atoms with Gasteiger partial charge >= 0.3 is 0 Å². The number of nitrogens with one attached hydrogen (secondary N) is 1. The zero-order chi connectivity index (χ0) is 13.9. The normalized spacial score (nSPS) is 11.8. The fraction of sp³-hybridized carbons (Fsp3) is 0.667. The summed E-state index contributed by atoms with van der Waals surface area (Å²) in [5.41, 5.74) is -0.229. The van der Waals surface area contributed by atoms with Crippen LogP contribution in [0, 0.1) is 0 Å². The van der Waals surface area contributed by atoms with Crippen LogP contribution < -0.4 is 10.2 Å². The molecule has 1 aromatic heterocycles. The molecule has 0 aliphatic heterocycles. The van der Waals surface area contributed by atoms with Crippen molar-refractivity contribution in [1.29, 1.82) is 0 Å². The van der Waals surface area contributed by atoms with Crippen LogP contribution in [0.2, 0.25) is 0 Å². The maximum Gasteiger partial charge on any atom is 0.255 e. The topological polar surface area (TPSA) is 41.0 Å². The monoisotopic (exact) mass is 258 g/mol. The quantitative estimate of drug-likeness (QED) is 0.901. The van der Waals surface area contributed by atoms with Gasteiger partial charge in [0.1, 0.15) is 17.5 Å². The Morgan fingerprint density at radius 3 is 2.39 bits per heavy atom. The van der Waals surface area contributed by atoms with Gasteiger partial charge in [0.15, 0.2) is 0 Å². The van der Waals surface area contributed by atoms with Crippen molar-refractivity contribution in [3.63, 3.8) is 0 Å². The molecular weight excluding hydrogens is 238 g/mol. The van der Waals surface area contributed by atoms with E-state index in [4.69, 9.17) is 0 Å². The predicted octanol–water partition coefficient (Wildman–Crippen LogP) is 2.52. The smallest absolute Gasteiger partial charge is 0.255 e. The number of nitrogens with zero attached hydrogens (tertiary/aromatic N) is 3. The molecule has 4 nitrogen and oxygen atoms in total. The van der Waals surface area contributed by atoms with E-state index in [2.05, 4.69) is 15.3 Å². The first kappa shape index (κ1) is 14.6. The standard InChI is InChI=1S/C12H20F2N4/c1-12(2,3)11-16-9(15-4)6-10(17-11)18(5)7-8(13)14/h6,8H,7H2,1-5H3,(H,15,16,17). The van der Waals surface area contributed by atoms with Gasteiger partial charge in [-0.2, -0.15) is 0 Å². The molecule has 0 aliphatic carbocycles. The van der Waals surface area contributed by atoms with Gasteiger partial charge in [-0.1, -0.05) is 20.8 Å². The zero-order valence-corrected chi connectivity index (χ0v) is 11.5. The van der Waals surface area contributed by atoms with E-state index in [1.807, 2.05) is 20.8 Å². The number of halogens is 2. The van der Waals surface area contributed by atoms with Gasteiger partial charge in [-0.25, -0.2) is 18.7 Å². The summed E-state index contributed by atoms with van der Waals surface area (Å²) in [7, 11) is 3.34. The summed E-state index contributed by atoms with van der Waals surface area (Å²) in [6.45, 7) is 5.61. The first-order valence-corrected chi connectivity index (χ1v) is 5.80. The lowest BCUT2D eigenvalue weighted by molar-refractivity contribution is 0.156. The molecular formula is C12H20F2N4. The minimum atomic E-state index is -2.39. The number of hydrogen-bond acceptors (Lipinski definition) is 4. The van der Waals surface area contributed by atoms with Crippen LogP contribution in [0.15, 0.2) is 6.07 Å². The van der Waals surface area contributed by atoms with Crippen molar-refractivity contribution in [2.75, 3.05) is 30.9 Å². The third-order valence-corrected chi connectivity index (χ3v) is 2.44. The highest BCUT2D eigenvalue weighted by atomic mass is 19.3. The minimum absolute atomic E-state index is 0.229. The summed E-state index contributed by atoms with van der Waals surface area (Å²) >= 11 is 0. The predicted molar refractivity (Wildman–Crippen MR) is 69.6 cm³/mol. The molecule has 0 saturated heterocycles. The Balaban J connectivity index is 3.12. The van der Waals surface area contributed by atoms with E-state index in [0.29, 0.717) is 17.5 Å². The summed E-state index contributed by atoms with van der Waals surface area (Å²) in [6, 6.07) is 1.66. The maximum atomic E-state index is 12.4. The largest absolute Gasteiger partial charge is 0.373 e. The molecule has 0 aliphatic rings. The molecule has 1 rings (SSSR count). The van der Waals surface area contributed by atoms with Crippen LogP contribution in [0.3, 0.4) is 0 Å². The fourth-order valence-electron chi connectivity index (χ4n) is 1.39. The Morgan fingerprint density at radius 1 is 1.33 bits per heavy atom. The van der Waals surface area contributed by atoms with Gasteiger partial charge in [-0.3, -0.25) is 0 Å². The number of aromatic nitrogens is 2. The van der Waals surface area contributed by atoms with Crippen molar-refractivity contribution in [3.8, 4) is 0 Å². The van der Waals surface area contributed by atoms with Gasteiger partial charge in [0, 0.05) is 25.6 Å². The lowest BCUT2D eigenvalue weighted by Crippen LogP contribution is -2.27. The number of anilines is 2. The van der Waals surface area contributed by atoms with E-state index in [1.54, 1.807) is 20.2 Å². The molecule has 0 amide bonds. The second-order valence-corrected chi connectivity index (χ2v) is 5.21. The summed E-state index contributed by atoms with van der Waals surface area (Å²) < 4.78 is 24.8. The average Bonchev–Trinajstić information content (AvgIpc) is 2.26. The molecule has 1 heterocycles. The van der Waals surface area contributed by atoms with Gasteiger partial charge in [0.25, 0.3) is 6.43 Å². The Labute approximate surface area is 106 Å². The summed E-state index contributed by atoms with van der Waals surface area (Å²) in [4.78, 5) is 10.1. The second-order valence-electron chi connectivity index (χ2n) is 5.21. The van der Waals surface area contributed by atoms with Gasteiger partial charge in [-0.05, 0) is 0 Å². The van der Waals surface area contributed by atoms with E-state index in [-0.39, 0.29) is 12.0 Å². The van der Waals surface area contributed by atoms with Crippen LogP contribution in [0.4, 0.5) is 20.4 Å². The Kier molecular flexibility index (Phi) is 4.43. The number of rotatable bonds is 4. The lowest BCUT2D eigenvalue weighted by atomic mass is 9.96. The lowest BCUT2D eigenvalue weighted by Gasteiger charge is -2.22. The second kappa shape index (κ2) is 5.46. The molecule has 18 heavy (non-hydrogen) atoms. The first-order valence-electron chi connectivity index (χ1n) is 5.80. The van der Waals surface area contributed by atoms with E-state index in [9.17, 15) is 8.78 Å². The molecule has 0 unspecified atom stereocenters. The Hall–Kier alpha value is -1.46. The molecule has 102 valence electrons. The van der Waals surface area contributed by atoms with Crippen LogP contribution >= 0.6 is 0 Å². The zero-order valence-electron chi connectivity index (χ0n) is 11.5. The van der Waals surface area contributed by atoms with Crippen molar-refractivity contribution in [2.45, 2.75) is 32.6 Å². The highest BCUT2D eigenvalue weighted by Crippen LogP contribution is 2.23. The van der Waals surface area contributed by atoms with Crippen LogP contribution in [0.5, 0.6) is 0 Å². The summed E-state index contributed by atoms with van der Waals surface area (Å²) in [6.07, 6.45) is -2.39. The summed E-state index contributed by atoms with van der Waals surface area (Å²) in [5, 5.41) is 2.92. The molecule has 0 saturated carbocycles. The minimum Gasteiger partial charge on any atom is -0.373 e. The van der Waals surface area contributed by atoms with Crippen molar-refractivity contribution < 1.29 is 8.78 Å². The van der Waals surface area contributed by atoms with Gasteiger partial charge in [-0.15, -0.1) is 0 Å². The maximum absolute atomic E-state index is 12.4. The number of hydrogen-bond donors (Lipinski definition) is 1. The van der Waals surface area contributed by atoms with Gasteiger partial charge in [0.05, 0.1) is 6.54 Å². The highest BCUT2D eigenvalue weighted by molar-refractivity contribution is 5.49. The Bertz CT molecular complexity index is 402. The van der Waals surface area contributed by atoms with E-state index < -0.39 is 6.43 Å². The SMILES string of the molecule is CNc1cc(N(C)CC(F)F)nc(C(C)(C)C)n1. The molecule has 0 atom stereocenters. The van der Waals surface area contributed by atoms with Crippen LogP contribution in [-0.4, -0.2) is 37.0 Å². The molecule has 0 spiro atoms. The third-order valence-electron chi connectivity index (χ3n) is 2.44. The van der Waals surface area contributed by atoms with Crippen molar-refractivity contribution in [1.82, 2.24) is 9.97 Å². The molecule has 6 heteroatoms. The number of alkyl halides is 2. The Morgan fingerprint density at radius 2 is 1.94 bits per heavy atom. The molecule has 1 N–H and O–H groups in total. The van der Waals surface area contributed by atoms with Crippen molar-refractivity contribution in [2.24, 2.45) is 0 Å². The van der Waals surface area contributed by atoms with Crippen molar-refractivity contribution in [3.05, 3.63) is 11.9 Å². The van der Waals surface area contributed by atoms with Gasteiger partial charge in [0.2, 0.25) is 0 Å². The molecule has 0 radical (unpaired) electrons. The average molecular weight is 258 g/mol. The van der Waals surface area contributed by atoms with E-state index in [1.165, 1.54) is 4.90 Å². The van der Waals surface area contributed by atoms with Gasteiger partial charge < -0.3 is 10.2 Å². The van der Waals surface area contributed by atoms with Crippen molar-refractivity contribution >= 4 is 11.6 Å². The molecule has 0 bridgehead atoms. The van der Waals surface area contributed by atoms with Crippen LogP contribution in [0.1, 0.15) is 26.6 Å². The summed E-state index contributed by atoms with van der Waals surface area (Å²) in [5.74, 6) is 1.76. The van der Waals surface area contributed by atoms with Crippen LogP contribution in [0.25, 0.3) is 0 Å². The molecule has 1 aromatic rings. The molecule has 0 aromatic carbocycles. The third kappa shape index (κ3) is 3.78. The molecule has 0 fully saturated rings. The van der Waals surface area contributed by atoms with Crippen LogP contribution in [-0.2, 0) is 5.41 Å². The van der Waals surface area contributed by atoms with E-state index in [0.717, 1.165) is 0 Å². The fourth-order valence-corrected chi connectivity index (χ4v) is 1.39. The highest BCUT2D eigenvalue weighted by Gasteiger charge is 2.20. The first-order chi connectivity index (χ1) is 8.24.